The molecule has 0 spiro atoms. The van der Waals surface area contributed by atoms with Gasteiger partial charge in [-0.1, -0.05) is 12.8 Å². The molecule has 0 aliphatic heterocycles. The molecule has 0 radical (unpaired) electrons. The summed E-state index contributed by atoms with van der Waals surface area (Å²) in [6.45, 7) is 0. The molecule has 1 nitrogen and oxygen atoms in total. The standard InChI is InChI=1S/C10H18FN/c11-9(7-10(12)5-6-10)8-3-1-2-4-8/h8-9H,1-7,12H2. The van der Waals surface area contributed by atoms with Crippen LogP contribution < -0.4 is 5.73 Å². The normalized spacial score (nSPS) is 30.5. The Bertz CT molecular complexity index is 159. The number of rotatable bonds is 3. The molecule has 0 bridgehead atoms. The van der Waals surface area contributed by atoms with Gasteiger partial charge in [0.05, 0.1) is 0 Å². The fraction of sp³-hybridized carbons (Fsp3) is 1.00. The van der Waals surface area contributed by atoms with Gasteiger partial charge in [0, 0.05) is 5.54 Å². The summed E-state index contributed by atoms with van der Waals surface area (Å²) in [5.41, 5.74) is 5.78. The maximum absolute atomic E-state index is 13.6. The van der Waals surface area contributed by atoms with Crippen LogP contribution in [0.3, 0.4) is 0 Å². The van der Waals surface area contributed by atoms with Crippen LogP contribution in [-0.2, 0) is 0 Å². The zero-order valence-electron chi connectivity index (χ0n) is 7.56. The number of halogens is 1. The molecule has 0 aromatic rings. The molecule has 0 heterocycles. The van der Waals surface area contributed by atoms with Crippen molar-refractivity contribution in [2.75, 3.05) is 0 Å². The van der Waals surface area contributed by atoms with E-state index in [0.29, 0.717) is 12.3 Å². The zero-order valence-corrected chi connectivity index (χ0v) is 7.56. The van der Waals surface area contributed by atoms with Crippen molar-refractivity contribution in [1.82, 2.24) is 0 Å². The number of nitrogens with two attached hydrogens (primary N) is 1. The number of alkyl halides is 1. The molecule has 1 atom stereocenters. The van der Waals surface area contributed by atoms with Crippen LogP contribution in [0.15, 0.2) is 0 Å². The van der Waals surface area contributed by atoms with Gasteiger partial charge in [-0.15, -0.1) is 0 Å². The van der Waals surface area contributed by atoms with E-state index < -0.39 is 6.17 Å². The lowest BCUT2D eigenvalue weighted by atomic mass is 9.95. The van der Waals surface area contributed by atoms with Gasteiger partial charge in [-0.25, -0.2) is 4.39 Å². The maximum Gasteiger partial charge on any atom is 0.105 e. The second-order valence-corrected chi connectivity index (χ2v) is 4.63. The van der Waals surface area contributed by atoms with Crippen molar-refractivity contribution >= 4 is 0 Å². The van der Waals surface area contributed by atoms with E-state index in [1.807, 2.05) is 0 Å². The molecule has 2 rings (SSSR count). The molecular formula is C10H18FN. The Morgan fingerprint density at radius 1 is 1.33 bits per heavy atom. The zero-order chi connectivity index (χ0) is 8.60. The highest BCUT2D eigenvalue weighted by Crippen LogP contribution is 2.41. The van der Waals surface area contributed by atoms with Crippen LogP contribution in [0.2, 0.25) is 0 Å². The van der Waals surface area contributed by atoms with Gasteiger partial charge in [-0.2, -0.15) is 0 Å². The third-order valence-corrected chi connectivity index (χ3v) is 3.41. The first-order valence-electron chi connectivity index (χ1n) is 5.13. The molecule has 2 N–H and O–H groups in total. The molecule has 70 valence electrons. The van der Waals surface area contributed by atoms with Crippen molar-refractivity contribution in [1.29, 1.82) is 0 Å². The summed E-state index contributed by atoms with van der Waals surface area (Å²) in [5, 5.41) is 0. The van der Waals surface area contributed by atoms with Gasteiger partial charge >= 0.3 is 0 Å². The van der Waals surface area contributed by atoms with Crippen LogP contribution in [0, 0.1) is 5.92 Å². The Morgan fingerprint density at radius 2 is 1.92 bits per heavy atom. The van der Waals surface area contributed by atoms with E-state index in [-0.39, 0.29) is 5.54 Å². The Balaban J connectivity index is 1.79. The molecule has 1 unspecified atom stereocenters. The van der Waals surface area contributed by atoms with Gasteiger partial charge in [0.1, 0.15) is 6.17 Å². The minimum atomic E-state index is -0.611. The van der Waals surface area contributed by atoms with Gasteiger partial charge in [0.15, 0.2) is 0 Å². The minimum absolute atomic E-state index is 0.0952. The molecule has 0 saturated heterocycles. The van der Waals surface area contributed by atoms with E-state index >= 15 is 0 Å². The van der Waals surface area contributed by atoms with Crippen LogP contribution in [0.5, 0.6) is 0 Å². The summed E-state index contributed by atoms with van der Waals surface area (Å²) in [6.07, 6.45) is 6.73. The van der Waals surface area contributed by atoms with E-state index in [4.69, 9.17) is 5.73 Å². The van der Waals surface area contributed by atoms with Gasteiger partial charge in [-0.3, -0.25) is 0 Å². The smallest absolute Gasteiger partial charge is 0.105 e. The predicted molar refractivity (Wildman–Crippen MR) is 47.6 cm³/mol. The lowest BCUT2D eigenvalue weighted by Crippen LogP contribution is -2.29. The highest BCUT2D eigenvalue weighted by molar-refractivity contribution is 5.01. The monoisotopic (exact) mass is 171 g/mol. The van der Waals surface area contributed by atoms with Gasteiger partial charge in [-0.05, 0) is 38.0 Å². The van der Waals surface area contributed by atoms with Crippen molar-refractivity contribution < 1.29 is 4.39 Å². The molecule has 0 aromatic carbocycles. The largest absolute Gasteiger partial charge is 0.325 e. The Morgan fingerprint density at radius 3 is 2.42 bits per heavy atom. The van der Waals surface area contributed by atoms with E-state index in [0.717, 1.165) is 25.7 Å². The molecule has 0 aromatic heterocycles. The highest BCUT2D eigenvalue weighted by atomic mass is 19.1. The van der Waals surface area contributed by atoms with Crippen molar-refractivity contribution in [3.05, 3.63) is 0 Å². The third kappa shape index (κ3) is 1.79. The van der Waals surface area contributed by atoms with Crippen molar-refractivity contribution in [3.8, 4) is 0 Å². The summed E-state index contributed by atoms with van der Waals surface area (Å²) in [4.78, 5) is 0. The fourth-order valence-electron chi connectivity index (χ4n) is 2.24. The average molecular weight is 171 g/mol. The molecule has 2 fully saturated rings. The first-order chi connectivity index (χ1) is 5.70. The molecule has 12 heavy (non-hydrogen) atoms. The average Bonchev–Trinajstić information content (AvgIpc) is 2.55. The van der Waals surface area contributed by atoms with Crippen LogP contribution in [0.25, 0.3) is 0 Å². The van der Waals surface area contributed by atoms with Crippen molar-refractivity contribution in [3.63, 3.8) is 0 Å². The lowest BCUT2D eigenvalue weighted by molar-refractivity contribution is 0.200. The topological polar surface area (TPSA) is 26.0 Å². The Kier molecular flexibility index (Phi) is 2.11. The summed E-state index contributed by atoms with van der Waals surface area (Å²) < 4.78 is 13.6. The van der Waals surface area contributed by atoms with E-state index in [2.05, 4.69) is 0 Å². The van der Waals surface area contributed by atoms with Crippen LogP contribution in [-0.4, -0.2) is 11.7 Å². The number of hydrogen-bond acceptors (Lipinski definition) is 1. The summed E-state index contributed by atoms with van der Waals surface area (Å²) in [7, 11) is 0. The van der Waals surface area contributed by atoms with Crippen LogP contribution >= 0.6 is 0 Å². The van der Waals surface area contributed by atoms with E-state index in [1.165, 1.54) is 12.8 Å². The summed E-state index contributed by atoms with van der Waals surface area (Å²) in [5.74, 6) is 0.339. The summed E-state index contributed by atoms with van der Waals surface area (Å²) >= 11 is 0. The SMILES string of the molecule is NC1(CC(F)C2CCCC2)CC1. The lowest BCUT2D eigenvalue weighted by Gasteiger charge is -2.18. The van der Waals surface area contributed by atoms with Crippen LogP contribution in [0.1, 0.15) is 44.9 Å². The van der Waals surface area contributed by atoms with Crippen LogP contribution in [0.4, 0.5) is 4.39 Å². The Hall–Kier alpha value is -0.110. The predicted octanol–water partition coefficient (Wildman–Crippen LogP) is 2.40. The Labute approximate surface area is 73.5 Å². The molecule has 2 heteroatoms. The van der Waals surface area contributed by atoms with E-state index in [9.17, 15) is 4.39 Å². The third-order valence-electron chi connectivity index (χ3n) is 3.41. The molecule has 2 aliphatic carbocycles. The van der Waals surface area contributed by atoms with Gasteiger partial charge in [0.25, 0.3) is 0 Å². The van der Waals surface area contributed by atoms with Crippen molar-refractivity contribution in [2.45, 2.75) is 56.7 Å². The van der Waals surface area contributed by atoms with Gasteiger partial charge in [0.2, 0.25) is 0 Å². The first-order valence-corrected chi connectivity index (χ1v) is 5.13. The van der Waals surface area contributed by atoms with E-state index in [1.54, 1.807) is 0 Å². The molecule has 0 amide bonds. The second kappa shape index (κ2) is 2.99. The maximum atomic E-state index is 13.6. The van der Waals surface area contributed by atoms with Crippen molar-refractivity contribution in [2.24, 2.45) is 11.7 Å². The minimum Gasteiger partial charge on any atom is -0.325 e. The highest BCUT2D eigenvalue weighted by Gasteiger charge is 2.42. The molecular weight excluding hydrogens is 153 g/mol. The first kappa shape index (κ1) is 8.49. The fourth-order valence-corrected chi connectivity index (χ4v) is 2.24. The summed E-state index contributed by atoms with van der Waals surface area (Å²) in [6, 6.07) is 0. The van der Waals surface area contributed by atoms with Gasteiger partial charge < -0.3 is 5.73 Å². The quantitative estimate of drug-likeness (QED) is 0.693. The molecule has 2 saturated carbocycles. The number of hydrogen-bond donors (Lipinski definition) is 1. The molecule has 2 aliphatic rings. The second-order valence-electron chi connectivity index (χ2n) is 4.63.